The molecule has 1 fully saturated rings. The first-order valence-corrected chi connectivity index (χ1v) is 11.1. The summed E-state index contributed by atoms with van der Waals surface area (Å²) in [5.41, 5.74) is 2.03. The Balaban J connectivity index is 1.64. The molecule has 1 aromatic carbocycles. The highest BCUT2D eigenvalue weighted by molar-refractivity contribution is 8.01. The largest absolute Gasteiger partial charge is 0.468 e. The van der Waals surface area contributed by atoms with Crippen LogP contribution in [-0.2, 0) is 9.53 Å². The molecule has 0 saturated heterocycles. The van der Waals surface area contributed by atoms with Gasteiger partial charge in [0.2, 0.25) is 0 Å². The molecule has 2 aromatic rings. The standard InChI is InChI=1S/C20H23N3O4S2/c1-12-7-8-15(14(9-12)18(25)13-5-3-4-6-13)22-19(26)23-20-21-10-17(29-20)28-11-16(24)27-2/h7-10,13H,3-6,11H2,1-2H3,(H2,21,22,23,26). The number of aryl methyl sites for hydroxylation is 1. The number of hydrogen-bond acceptors (Lipinski definition) is 7. The lowest BCUT2D eigenvalue weighted by atomic mass is 9.94. The highest BCUT2D eigenvalue weighted by atomic mass is 32.2. The quantitative estimate of drug-likeness (QED) is 0.372. The third kappa shape index (κ3) is 5.80. The first-order chi connectivity index (χ1) is 14.0. The van der Waals surface area contributed by atoms with Gasteiger partial charge in [-0.05, 0) is 31.9 Å². The van der Waals surface area contributed by atoms with E-state index in [9.17, 15) is 14.4 Å². The van der Waals surface area contributed by atoms with Crippen LogP contribution in [0, 0.1) is 12.8 Å². The molecule has 0 spiro atoms. The van der Waals surface area contributed by atoms with Crippen LogP contribution in [0.4, 0.5) is 15.6 Å². The number of ketones is 1. The van der Waals surface area contributed by atoms with Crippen LogP contribution in [0.15, 0.2) is 28.6 Å². The molecule has 1 heterocycles. The first-order valence-electron chi connectivity index (χ1n) is 9.34. The number of Topliss-reactive ketones (excluding diaryl/α,β-unsaturated/α-hetero) is 1. The van der Waals surface area contributed by atoms with Crippen LogP contribution in [0.25, 0.3) is 0 Å². The van der Waals surface area contributed by atoms with Crippen molar-refractivity contribution in [2.45, 2.75) is 36.8 Å². The van der Waals surface area contributed by atoms with Gasteiger partial charge in [-0.1, -0.05) is 35.8 Å². The number of amides is 2. The number of ether oxygens (including phenoxy) is 1. The fourth-order valence-electron chi connectivity index (χ4n) is 3.20. The number of urea groups is 1. The van der Waals surface area contributed by atoms with Crippen molar-refractivity contribution < 1.29 is 19.1 Å². The number of benzene rings is 1. The molecule has 3 rings (SSSR count). The minimum absolute atomic E-state index is 0.0359. The summed E-state index contributed by atoms with van der Waals surface area (Å²) in [6, 6.07) is 5.00. The highest BCUT2D eigenvalue weighted by Crippen LogP contribution is 2.31. The molecule has 1 aliphatic carbocycles. The SMILES string of the molecule is COC(=O)CSc1cnc(NC(=O)Nc2ccc(C)cc2C(=O)C2CCCC2)s1. The molecule has 29 heavy (non-hydrogen) atoms. The summed E-state index contributed by atoms with van der Waals surface area (Å²) in [5.74, 6) is -0.0131. The Labute approximate surface area is 177 Å². The molecule has 0 aliphatic heterocycles. The molecular formula is C20H23N3O4S2. The van der Waals surface area contributed by atoms with Gasteiger partial charge in [0.1, 0.15) is 0 Å². The smallest absolute Gasteiger partial charge is 0.325 e. The summed E-state index contributed by atoms with van der Waals surface area (Å²) in [4.78, 5) is 40.7. The van der Waals surface area contributed by atoms with Crippen molar-refractivity contribution in [2.24, 2.45) is 5.92 Å². The van der Waals surface area contributed by atoms with Crippen LogP contribution in [0.2, 0.25) is 0 Å². The van der Waals surface area contributed by atoms with E-state index in [0.717, 1.165) is 35.5 Å². The van der Waals surface area contributed by atoms with E-state index in [2.05, 4.69) is 20.4 Å². The number of hydrogen-bond donors (Lipinski definition) is 2. The zero-order valence-electron chi connectivity index (χ0n) is 16.3. The lowest BCUT2D eigenvalue weighted by Crippen LogP contribution is -2.22. The summed E-state index contributed by atoms with van der Waals surface area (Å²) in [7, 11) is 1.34. The van der Waals surface area contributed by atoms with Gasteiger partial charge in [-0.25, -0.2) is 9.78 Å². The summed E-state index contributed by atoms with van der Waals surface area (Å²) in [6.45, 7) is 1.93. The van der Waals surface area contributed by atoms with E-state index in [1.165, 1.54) is 30.2 Å². The number of carbonyl (C=O) groups is 3. The van der Waals surface area contributed by atoms with Gasteiger partial charge in [0.05, 0.1) is 29.0 Å². The van der Waals surface area contributed by atoms with Gasteiger partial charge in [0.15, 0.2) is 10.9 Å². The van der Waals surface area contributed by atoms with Crippen molar-refractivity contribution in [3.8, 4) is 0 Å². The molecule has 1 aromatic heterocycles. The predicted molar refractivity (Wildman–Crippen MR) is 115 cm³/mol. The molecule has 2 N–H and O–H groups in total. The van der Waals surface area contributed by atoms with Crippen molar-refractivity contribution in [1.82, 2.24) is 4.98 Å². The fraction of sp³-hybridized carbons (Fsp3) is 0.400. The first kappa shape index (κ1) is 21.3. The lowest BCUT2D eigenvalue weighted by molar-refractivity contribution is -0.137. The topological polar surface area (TPSA) is 97.4 Å². The second-order valence-corrected chi connectivity index (χ2v) is 9.13. The number of nitrogens with one attached hydrogen (secondary N) is 2. The summed E-state index contributed by atoms with van der Waals surface area (Å²) in [6.07, 6.45) is 5.56. The van der Waals surface area contributed by atoms with Gasteiger partial charge in [-0.15, -0.1) is 11.8 Å². The highest BCUT2D eigenvalue weighted by Gasteiger charge is 2.26. The number of aromatic nitrogens is 1. The number of esters is 1. The number of nitrogens with zero attached hydrogens (tertiary/aromatic N) is 1. The normalized spacial score (nSPS) is 13.9. The van der Waals surface area contributed by atoms with Gasteiger partial charge >= 0.3 is 12.0 Å². The molecule has 7 nitrogen and oxygen atoms in total. The molecule has 154 valence electrons. The van der Waals surface area contributed by atoms with Crippen LogP contribution < -0.4 is 10.6 Å². The van der Waals surface area contributed by atoms with Gasteiger partial charge < -0.3 is 10.1 Å². The third-order valence-corrected chi connectivity index (χ3v) is 6.76. The van der Waals surface area contributed by atoms with Crippen LogP contribution in [0.5, 0.6) is 0 Å². The second-order valence-electron chi connectivity index (χ2n) is 6.82. The predicted octanol–water partition coefficient (Wildman–Crippen LogP) is 4.73. The van der Waals surface area contributed by atoms with Crippen LogP contribution in [0.3, 0.4) is 0 Å². The molecule has 0 unspecified atom stereocenters. The Kier molecular flexibility index (Phi) is 7.27. The molecule has 0 atom stereocenters. The van der Waals surface area contributed by atoms with Gasteiger partial charge in [0.25, 0.3) is 0 Å². The number of thiazole rings is 1. The Morgan fingerprint density at radius 1 is 1.24 bits per heavy atom. The number of anilines is 2. The van der Waals surface area contributed by atoms with E-state index in [4.69, 9.17) is 0 Å². The maximum Gasteiger partial charge on any atom is 0.325 e. The Morgan fingerprint density at radius 2 is 2.00 bits per heavy atom. The van der Waals surface area contributed by atoms with E-state index < -0.39 is 6.03 Å². The fourth-order valence-corrected chi connectivity index (χ4v) is 4.90. The van der Waals surface area contributed by atoms with Crippen molar-refractivity contribution in [1.29, 1.82) is 0 Å². The van der Waals surface area contributed by atoms with Crippen molar-refractivity contribution >= 4 is 51.7 Å². The number of methoxy groups -OCH3 is 1. The average molecular weight is 434 g/mol. The lowest BCUT2D eigenvalue weighted by Gasteiger charge is -2.14. The molecule has 0 radical (unpaired) electrons. The maximum atomic E-state index is 12.9. The van der Waals surface area contributed by atoms with E-state index in [1.54, 1.807) is 12.3 Å². The number of thioether (sulfide) groups is 1. The van der Waals surface area contributed by atoms with Gasteiger partial charge in [-0.2, -0.15) is 0 Å². The Hall–Kier alpha value is -2.39. The summed E-state index contributed by atoms with van der Waals surface area (Å²) in [5, 5.41) is 5.86. The maximum absolute atomic E-state index is 12.9. The molecule has 2 amide bonds. The number of carbonyl (C=O) groups excluding carboxylic acids is 3. The van der Waals surface area contributed by atoms with E-state index in [0.29, 0.717) is 16.4 Å². The van der Waals surface area contributed by atoms with Crippen molar-refractivity contribution in [3.63, 3.8) is 0 Å². The second kappa shape index (κ2) is 9.89. The van der Waals surface area contributed by atoms with Crippen molar-refractivity contribution in [3.05, 3.63) is 35.5 Å². The van der Waals surface area contributed by atoms with Crippen LogP contribution in [0.1, 0.15) is 41.6 Å². The minimum Gasteiger partial charge on any atom is -0.468 e. The average Bonchev–Trinajstić information content (AvgIpc) is 3.39. The zero-order chi connectivity index (χ0) is 20.8. The Bertz CT molecular complexity index is 907. The summed E-state index contributed by atoms with van der Waals surface area (Å²) >= 11 is 2.55. The molecule has 1 saturated carbocycles. The van der Waals surface area contributed by atoms with Gasteiger partial charge in [-0.3, -0.25) is 14.9 Å². The number of rotatable bonds is 7. The van der Waals surface area contributed by atoms with Gasteiger partial charge in [0, 0.05) is 11.5 Å². The monoisotopic (exact) mass is 433 g/mol. The zero-order valence-corrected chi connectivity index (χ0v) is 18.0. The van der Waals surface area contributed by atoms with Crippen molar-refractivity contribution in [2.75, 3.05) is 23.5 Å². The molecular weight excluding hydrogens is 410 g/mol. The minimum atomic E-state index is -0.465. The van der Waals surface area contributed by atoms with E-state index in [1.807, 2.05) is 19.1 Å². The van der Waals surface area contributed by atoms with E-state index in [-0.39, 0.29) is 23.4 Å². The molecule has 9 heteroatoms. The molecule has 1 aliphatic rings. The van der Waals surface area contributed by atoms with Crippen LogP contribution >= 0.6 is 23.1 Å². The van der Waals surface area contributed by atoms with E-state index >= 15 is 0 Å². The van der Waals surface area contributed by atoms with Crippen LogP contribution in [-0.4, -0.2) is 35.6 Å². The Morgan fingerprint density at radius 3 is 2.72 bits per heavy atom. The third-order valence-electron chi connectivity index (χ3n) is 4.68. The molecule has 0 bridgehead atoms. The summed E-state index contributed by atoms with van der Waals surface area (Å²) < 4.78 is 5.39.